The smallest absolute Gasteiger partial charge is 0.411 e. The van der Waals surface area contributed by atoms with Crippen LogP contribution in [0.25, 0.3) is 0 Å². The third-order valence-electron chi connectivity index (χ3n) is 5.77. The van der Waals surface area contributed by atoms with Crippen LogP contribution in [0.2, 0.25) is 0 Å². The lowest BCUT2D eigenvalue weighted by Crippen LogP contribution is -2.41. The Morgan fingerprint density at radius 3 is 1.08 bits per heavy atom. The summed E-state index contributed by atoms with van der Waals surface area (Å²) < 4.78 is 22.2. The molecule has 0 unspecified atom stereocenters. The summed E-state index contributed by atoms with van der Waals surface area (Å²) in [5.74, 6) is 2.48. The van der Waals surface area contributed by atoms with E-state index in [-0.39, 0.29) is 32.7 Å². The average molecular weight is 679 g/mol. The van der Waals surface area contributed by atoms with Crippen LogP contribution in [0.1, 0.15) is 95.9 Å². The van der Waals surface area contributed by atoms with Gasteiger partial charge in [-0.1, -0.05) is 24.1 Å². The zero-order valence-electron chi connectivity index (χ0n) is 31.6. The van der Waals surface area contributed by atoms with Crippen molar-refractivity contribution in [2.24, 2.45) is 0 Å². The number of terminal acetylenes is 1. The highest BCUT2D eigenvalue weighted by molar-refractivity contribution is 5.70. The molecule has 274 valence electrons. The van der Waals surface area contributed by atoms with Gasteiger partial charge in [-0.3, -0.25) is 4.90 Å². The Balaban J connectivity index is 5.68. The number of hydrogen-bond acceptors (Lipinski definition) is 8. The van der Waals surface area contributed by atoms with Gasteiger partial charge < -0.3 is 33.6 Å². The van der Waals surface area contributed by atoms with Crippen LogP contribution in [0.3, 0.4) is 0 Å². The van der Waals surface area contributed by atoms with Crippen molar-refractivity contribution in [1.29, 1.82) is 0 Å². The molecular formula is C36H62N4O8. The van der Waals surface area contributed by atoms with Gasteiger partial charge in [0.15, 0.2) is 0 Å². The average Bonchev–Trinajstić information content (AvgIpc) is 2.88. The summed E-state index contributed by atoms with van der Waals surface area (Å²) in [4.78, 5) is 57.5. The molecular weight excluding hydrogens is 616 g/mol. The molecule has 0 N–H and O–H groups in total. The molecule has 0 radical (unpaired) electrons. The van der Waals surface area contributed by atoms with Crippen LogP contribution in [-0.2, 0) is 18.9 Å². The van der Waals surface area contributed by atoms with E-state index in [0.717, 1.165) is 0 Å². The Morgan fingerprint density at radius 2 is 0.812 bits per heavy atom. The molecule has 48 heavy (non-hydrogen) atoms. The van der Waals surface area contributed by atoms with Gasteiger partial charge in [-0.25, -0.2) is 19.2 Å². The normalized spacial score (nSPS) is 12.1. The van der Waals surface area contributed by atoms with Gasteiger partial charge in [-0.15, -0.1) is 13.0 Å². The van der Waals surface area contributed by atoms with Crippen molar-refractivity contribution in [3.63, 3.8) is 0 Å². The van der Waals surface area contributed by atoms with Crippen molar-refractivity contribution in [1.82, 2.24) is 19.6 Å². The van der Waals surface area contributed by atoms with Crippen molar-refractivity contribution in [2.75, 3.05) is 52.4 Å². The van der Waals surface area contributed by atoms with Crippen molar-refractivity contribution < 1.29 is 38.1 Å². The zero-order valence-corrected chi connectivity index (χ0v) is 31.6. The standard InChI is InChI=1S/C36H62N4O8/c1-15-21-37(29(41)45-33(3,4)5)25-19-27-39(31(43)47-35(9,10)11)23-17-18-24-40(32(44)48-36(12,13)14)28-20-26-38(22-16-2)30(42)46-34(6,7)8/h1,16-18H,2,19-28H2,3-14H3/b18-17+. The molecule has 0 saturated heterocycles. The number of amides is 4. The molecule has 0 fully saturated rings. The summed E-state index contributed by atoms with van der Waals surface area (Å²) in [6.07, 6.45) is 9.56. The second kappa shape index (κ2) is 19.8. The molecule has 0 aliphatic rings. The Kier molecular flexibility index (Phi) is 18.2. The van der Waals surface area contributed by atoms with E-state index in [1.54, 1.807) is 106 Å². The number of rotatable bonds is 15. The van der Waals surface area contributed by atoms with Gasteiger partial charge in [0.2, 0.25) is 0 Å². The molecule has 0 heterocycles. The second-order valence-corrected chi connectivity index (χ2v) is 15.4. The molecule has 0 atom stereocenters. The number of nitrogens with zero attached hydrogens (tertiary/aromatic N) is 4. The number of ether oxygens (including phenoxy) is 4. The van der Waals surface area contributed by atoms with Gasteiger partial charge in [-0.2, -0.15) is 0 Å². The Bertz CT molecular complexity index is 1120. The summed E-state index contributed by atoms with van der Waals surface area (Å²) in [7, 11) is 0. The van der Waals surface area contributed by atoms with E-state index in [0.29, 0.717) is 32.5 Å². The van der Waals surface area contributed by atoms with Crippen LogP contribution in [0.5, 0.6) is 0 Å². The predicted molar refractivity (Wildman–Crippen MR) is 189 cm³/mol. The van der Waals surface area contributed by atoms with Gasteiger partial charge in [0.1, 0.15) is 22.4 Å². The van der Waals surface area contributed by atoms with Crippen LogP contribution in [0, 0.1) is 12.3 Å². The molecule has 0 aliphatic heterocycles. The van der Waals surface area contributed by atoms with E-state index >= 15 is 0 Å². The minimum absolute atomic E-state index is 0.0743. The van der Waals surface area contributed by atoms with Crippen LogP contribution in [-0.4, -0.2) is 119 Å². The SMILES string of the molecule is C#CCN(CCCN(C/C=C/CN(CCCN(CC=C)C(=O)OC(C)(C)C)C(=O)OC(C)(C)C)C(=O)OC(C)(C)C)C(=O)OC(C)(C)C. The molecule has 0 bridgehead atoms. The largest absolute Gasteiger partial charge is 0.444 e. The van der Waals surface area contributed by atoms with Gasteiger partial charge in [0.25, 0.3) is 0 Å². The minimum atomic E-state index is -0.711. The molecule has 0 aromatic carbocycles. The summed E-state index contributed by atoms with van der Waals surface area (Å²) in [6.45, 7) is 27.2. The fourth-order valence-electron chi connectivity index (χ4n) is 3.89. The van der Waals surface area contributed by atoms with Crippen molar-refractivity contribution in [3.05, 3.63) is 24.8 Å². The predicted octanol–water partition coefficient (Wildman–Crippen LogP) is 7.09. The molecule has 4 amide bonds. The lowest BCUT2D eigenvalue weighted by Gasteiger charge is -2.29. The van der Waals surface area contributed by atoms with Gasteiger partial charge in [0, 0.05) is 45.8 Å². The molecule has 0 saturated carbocycles. The topological polar surface area (TPSA) is 118 Å². The number of carbonyl (C=O) groups excluding carboxylic acids is 4. The minimum Gasteiger partial charge on any atom is -0.444 e. The first-order chi connectivity index (χ1) is 21.9. The van der Waals surface area contributed by atoms with Crippen LogP contribution in [0.4, 0.5) is 19.2 Å². The van der Waals surface area contributed by atoms with E-state index in [1.807, 2.05) is 0 Å². The van der Waals surface area contributed by atoms with Crippen LogP contribution in [0.15, 0.2) is 24.8 Å². The van der Waals surface area contributed by atoms with Gasteiger partial charge in [-0.05, 0) is 95.9 Å². The van der Waals surface area contributed by atoms with E-state index < -0.39 is 46.8 Å². The lowest BCUT2D eigenvalue weighted by atomic mass is 10.2. The monoisotopic (exact) mass is 678 g/mol. The Hall–Kier alpha value is -3.88. The summed E-state index contributed by atoms with van der Waals surface area (Å²) in [5, 5.41) is 0. The van der Waals surface area contributed by atoms with Crippen LogP contribution >= 0.6 is 0 Å². The van der Waals surface area contributed by atoms with Crippen molar-refractivity contribution in [2.45, 2.75) is 118 Å². The van der Waals surface area contributed by atoms with Crippen LogP contribution < -0.4 is 0 Å². The first kappa shape index (κ1) is 44.1. The summed E-state index contributed by atoms with van der Waals surface area (Å²) in [6, 6.07) is 0. The first-order valence-electron chi connectivity index (χ1n) is 16.5. The number of hydrogen-bond donors (Lipinski definition) is 0. The van der Waals surface area contributed by atoms with Gasteiger partial charge in [0.05, 0.1) is 6.54 Å². The maximum atomic E-state index is 13.1. The molecule has 0 rings (SSSR count). The molecule has 0 aromatic rings. The van der Waals surface area contributed by atoms with Crippen molar-refractivity contribution >= 4 is 24.4 Å². The quantitative estimate of drug-likeness (QED) is 0.102. The highest BCUT2D eigenvalue weighted by Gasteiger charge is 2.26. The third-order valence-corrected chi connectivity index (χ3v) is 5.77. The molecule has 0 spiro atoms. The first-order valence-corrected chi connectivity index (χ1v) is 16.5. The van der Waals surface area contributed by atoms with E-state index in [4.69, 9.17) is 25.4 Å². The van der Waals surface area contributed by atoms with Gasteiger partial charge >= 0.3 is 24.4 Å². The fourth-order valence-corrected chi connectivity index (χ4v) is 3.89. The van der Waals surface area contributed by atoms with E-state index in [1.165, 1.54) is 14.7 Å². The van der Waals surface area contributed by atoms with Crippen molar-refractivity contribution in [3.8, 4) is 12.3 Å². The summed E-state index contributed by atoms with van der Waals surface area (Å²) >= 11 is 0. The highest BCUT2D eigenvalue weighted by atomic mass is 16.6. The fraction of sp³-hybridized carbons (Fsp3) is 0.722. The molecule has 0 aliphatic carbocycles. The molecule has 12 nitrogen and oxygen atoms in total. The Labute approximate surface area is 289 Å². The van der Waals surface area contributed by atoms with E-state index in [9.17, 15) is 19.2 Å². The molecule has 12 heteroatoms. The summed E-state index contributed by atoms with van der Waals surface area (Å²) in [5.41, 5.74) is -2.73. The third kappa shape index (κ3) is 21.8. The lowest BCUT2D eigenvalue weighted by molar-refractivity contribution is 0.0207. The van der Waals surface area contributed by atoms with E-state index in [2.05, 4.69) is 12.5 Å². The maximum Gasteiger partial charge on any atom is 0.411 e. The molecule has 0 aromatic heterocycles. The highest BCUT2D eigenvalue weighted by Crippen LogP contribution is 2.15. The second-order valence-electron chi connectivity index (χ2n) is 15.4. The maximum absolute atomic E-state index is 13.1. The Morgan fingerprint density at radius 1 is 0.542 bits per heavy atom. The zero-order chi connectivity index (χ0) is 37.3. The number of carbonyl (C=O) groups is 4.